The largest absolute Gasteiger partial charge is 0.388 e. The van der Waals surface area contributed by atoms with Crippen LogP contribution < -0.4 is 11.2 Å². The van der Waals surface area contributed by atoms with Crippen molar-refractivity contribution in [2.24, 2.45) is 0 Å². The summed E-state index contributed by atoms with van der Waals surface area (Å²) >= 11 is 0. The van der Waals surface area contributed by atoms with E-state index in [0.717, 1.165) is 10.6 Å². The summed E-state index contributed by atoms with van der Waals surface area (Å²) in [6.45, 7) is -0.105. The van der Waals surface area contributed by atoms with E-state index in [1.807, 2.05) is 0 Å². The van der Waals surface area contributed by atoms with Crippen LogP contribution in [0, 0.1) is 0 Å². The molecule has 1 aromatic heterocycles. The lowest BCUT2D eigenvalue weighted by molar-refractivity contribution is -0.0230. The second kappa shape index (κ2) is 3.61. The van der Waals surface area contributed by atoms with Crippen molar-refractivity contribution in [2.45, 2.75) is 18.4 Å². The maximum atomic E-state index is 11.3. The van der Waals surface area contributed by atoms with E-state index in [1.54, 1.807) is 0 Å². The van der Waals surface area contributed by atoms with Crippen LogP contribution in [-0.4, -0.2) is 38.6 Å². The van der Waals surface area contributed by atoms with Crippen LogP contribution in [0.25, 0.3) is 0 Å². The van der Waals surface area contributed by atoms with Crippen molar-refractivity contribution in [1.82, 2.24) is 9.55 Å². The summed E-state index contributed by atoms with van der Waals surface area (Å²) in [7, 11) is 0. The molecule has 82 valence electrons. The van der Waals surface area contributed by atoms with Gasteiger partial charge < -0.3 is 19.9 Å². The van der Waals surface area contributed by atoms with Crippen LogP contribution in [0.3, 0.4) is 0 Å². The molecular weight excluding hydrogens is 204 g/mol. The normalized spacial score (nSPS) is 30.7. The van der Waals surface area contributed by atoms with E-state index in [1.165, 1.54) is 6.20 Å². The lowest BCUT2D eigenvalue weighted by Gasteiger charge is -2.15. The van der Waals surface area contributed by atoms with Crippen LogP contribution >= 0.6 is 0 Å². The van der Waals surface area contributed by atoms with Crippen molar-refractivity contribution < 1.29 is 14.9 Å². The number of hydrogen-bond donors (Lipinski definition) is 3. The summed E-state index contributed by atoms with van der Waals surface area (Å²) in [6.07, 6.45) is -2.27. The summed E-state index contributed by atoms with van der Waals surface area (Å²) in [6, 6.07) is 1.14. The minimum Gasteiger partial charge on any atom is -0.388 e. The van der Waals surface area contributed by atoms with Gasteiger partial charge >= 0.3 is 5.69 Å². The Kier molecular flexibility index (Phi) is 2.43. The quantitative estimate of drug-likeness (QED) is 0.491. The van der Waals surface area contributed by atoms with Gasteiger partial charge in [0.25, 0.3) is 5.56 Å². The van der Waals surface area contributed by atoms with Crippen LogP contribution in [0.4, 0.5) is 0 Å². The minimum atomic E-state index is -1.27. The molecule has 0 saturated carbocycles. The van der Waals surface area contributed by atoms with E-state index in [0.29, 0.717) is 0 Å². The molecular formula is C8H10N2O5. The van der Waals surface area contributed by atoms with Gasteiger partial charge in [-0.15, -0.1) is 0 Å². The molecule has 1 fully saturated rings. The maximum absolute atomic E-state index is 11.3. The lowest BCUT2D eigenvalue weighted by atomic mass is 10.2. The number of nitrogens with zero attached hydrogens (tertiary/aromatic N) is 1. The topological polar surface area (TPSA) is 105 Å². The maximum Gasteiger partial charge on any atom is 0.330 e. The van der Waals surface area contributed by atoms with Gasteiger partial charge in [0.1, 0.15) is 12.2 Å². The Bertz CT molecular complexity index is 436. The van der Waals surface area contributed by atoms with Gasteiger partial charge in [0.05, 0.1) is 6.61 Å². The molecule has 7 heteroatoms. The fourth-order valence-electron chi connectivity index (χ4n) is 1.49. The molecule has 1 saturated heterocycles. The highest BCUT2D eigenvalue weighted by molar-refractivity contribution is 4.89. The summed E-state index contributed by atoms with van der Waals surface area (Å²) < 4.78 is 5.71. The third kappa shape index (κ3) is 1.60. The highest BCUT2D eigenvalue weighted by atomic mass is 16.5. The van der Waals surface area contributed by atoms with Crippen molar-refractivity contribution in [3.05, 3.63) is 33.1 Å². The number of aromatic amines is 1. The molecule has 1 aliphatic heterocycles. The van der Waals surface area contributed by atoms with E-state index >= 15 is 0 Å². The number of hydrogen-bond acceptors (Lipinski definition) is 5. The third-order valence-electron chi connectivity index (χ3n) is 2.27. The number of aliphatic hydroxyl groups excluding tert-OH is 2. The van der Waals surface area contributed by atoms with E-state index in [4.69, 9.17) is 4.74 Å². The standard InChI is InChI=1S/C8H10N2O5/c11-4-3-15-7(6(4)13)10-5(12)1-2-9-8(10)14/h1-2,4,6-7,11,13H,3H2,(H,9,14)/t4-,6+,7+/m0/s1. The van der Waals surface area contributed by atoms with E-state index < -0.39 is 29.7 Å². The zero-order valence-corrected chi connectivity index (χ0v) is 7.66. The van der Waals surface area contributed by atoms with Crippen LogP contribution in [0.1, 0.15) is 6.23 Å². The number of rotatable bonds is 1. The minimum absolute atomic E-state index is 0.105. The Balaban J connectivity index is 2.47. The van der Waals surface area contributed by atoms with Gasteiger partial charge in [0, 0.05) is 12.3 Å². The molecule has 7 nitrogen and oxygen atoms in total. The molecule has 0 bridgehead atoms. The van der Waals surface area contributed by atoms with Crippen LogP contribution in [0.5, 0.6) is 0 Å². The number of ether oxygens (including phenoxy) is 1. The highest BCUT2D eigenvalue weighted by Crippen LogP contribution is 2.20. The van der Waals surface area contributed by atoms with Gasteiger partial charge in [-0.05, 0) is 0 Å². The molecule has 0 aromatic carbocycles. The smallest absolute Gasteiger partial charge is 0.330 e. The Morgan fingerprint density at radius 2 is 2.20 bits per heavy atom. The molecule has 3 atom stereocenters. The third-order valence-corrected chi connectivity index (χ3v) is 2.27. The monoisotopic (exact) mass is 214 g/mol. The van der Waals surface area contributed by atoms with E-state index in [2.05, 4.69) is 4.98 Å². The van der Waals surface area contributed by atoms with E-state index in [9.17, 15) is 19.8 Å². The zero-order chi connectivity index (χ0) is 11.0. The summed E-state index contributed by atoms with van der Waals surface area (Å²) in [5.74, 6) is 0. The first kappa shape index (κ1) is 10.1. The predicted octanol–water partition coefficient (Wildman–Crippen LogP) is -2.21. The Labute approximate surface area is 83.6 Å². The summed E-state index contributed by atoms with van der Waals surface area (Å²) in [4.78, 5) is 25.0. The molecule has 2 rings (SSSR count). The van der Waals surface area contributed by atoms with Crippen LogP contribution in [0.2, 0.25) is 0 Å². The number of nitrogens with one attached hydrogen (secondary N) is 1. The Hall–Kier alpha value is -1.44. The summed E-state index contributed by atoms with van der Waals surface area (Å²) in [5, 5.41) is 18.7. The summed E-state index contributed by atoms with van der Waals surface area (Å²) in [5.41, 5.74) is -1.27. The van der Waals surface area contributed by atoms with Crippen molar-refractivity contribution in [3.8, 4) is 0 Å². The average molecular weight is 214 g/mol. The fraction of sp³-hybridized carbons (Fsp3) is 0.500. The first-order valence-electron chi connectivity index (χ1n) is 4.39. The fourth-order valence-corrected chi connectivity index (χ4v) is 1.49. The lowest BCUT2D eigenvalue weighted by Crippen LogP contribution is -2.42. The second-order valence-corrected chi connectivity index (χ2v) is 3.27. The predicted molar refractivity (Wildman–Crippen MR) is 48.3 cm³/mol. The molecule has 0 amide bonds. The molecule has 0 unspecified atom stereocenters. The molecule has 0 radical (unpaired) electrons. The molecule has 1 aliphatic rings. The van der Waals surface area contributed by atoms with Gasteiger partial charge in [-0.3, -0.25) is 4.79 Å². The Morgan fingerprint density at radius 1 is 1.47 bits per heavy atom. The number of H-pyrrole nitrogens is 1. The van der Waals surface area contributed by atoms with Gasteiger partial charge in [0.2, 0.25) is 0 Å². The molecule has 0 spiro atoms. The number of aliphatic hydroxyl groups is 2. The highest BCUT2D eigenvalue weighted by Gasteiger charge is 2.37. The van der Waals surface area contributed by atoms with Crippen molar-refractivity contribution in [1.29, 1.82) is 0 Å². The molecule has 2 heterocycles. The van der Waals surface area contributed by atoms with Crippen molar-refractivity contribution in [2.75, 3.05) is 6.61 Å². The van der Waals surface area contributed by atoms with Gasteiger partial charge in [-0.2, -0.15) is 0 Å². The molecule has 0 aliphatic carbocycles. The Morgan fingerprint density at radius 3 is 2.73 bits per heavy atom. The van der Waals surface area contributed by atoms with E-state index in [-0.39, 0.29) is 6.61 Å². The van der Waals surface area contributed by atoms with Gasteiger partial charge in [-0.25, -0.2) is 9.36 Å². The van der Waals surface area contributed by atoms with Crippen molar-refractivity contribution in [3.63, 3.8) is 0 Å². The SMILES string of the molecule is O=c1cc[nH]c(=O)n1[C@@H]1OC[C@H](O)[C@H]1O. The first-order chi connectivity index (χ1) is 7.11. The molecule has 15 heavy (non-hydrogen) atoms. The zero-order valence-electron chi connectivity index (χ0n) is 7.66. The molecule has 1 aromatic rings. The van der Waals surface area contributed by atoms with Gasteiger partial charge in [-0.1, -0.05) is 0 Å². The second-order valence-electron chi connectivity index (χ2n) is 3.27. The molecule has 3 N–H and O–H groups in total. The van der Waals surface area contributed by atoms with Crippen LogP contribution in [0.15, 0.2) is 21.9 Å². The van der Waals surface area contributed by atoms with Gasteiger partial charge in [0.15, 0.2) is 6.23 Å². The van der Waals surface area contributed by atoms with Crippen LogP contribution in [-0.2, 0) is 4.74 Å². The first-order valence-corrected chi connectivity index (χ1v) is 4.39. The number of aromatic nitrogens is 2. The van der Waals surface area contributed by atoms with Crippen molar-refractivity contribution >= 4 is 0 Å². The average Bonchev–Trinajstić information content (AvgIpc) is 2.49.